The Kier molecular flexibility index (Phi) is 7.06. The molecular weight excluding hydrogens is 356 g/mol. The number of hydrogen-bond acceptors (Lipinski definition) is 4. The fraction of sp³-hybridized carbons (Fsp3) is 0.565. The monoisotopic (exact) mass is 386 g/mol. The normalized spacial score (nSPS) is 24.5. The van der Waals surface area contributed by atoms with Crippen LogP contribution in [0.3, 0.4) is 0 Å². The highest BCUT2D eigenvalue weighted by atomic mass is 32.1. The zero-order valence-electron chi connectivity index (χ0n) is 16.2. The first kappa shape index (κ1) is 20.1. The number of rotatable bonds is 4. The summed E-state index contributed by atoms with van der Waals surface area (Å²) in [5.74, 6) is 1.91. The van der Waals surface area contributed by atoms with Crippen LogP contribution in [0.1, 0.15) is 69.8 Å². The van der Waals surface area contributed by atoms with Crippen LogP contribution in [0.5, 0.6) is 11.5 Å². The molecule has 2 aliphatic carbocycles. The third-order valence-electron chi connectivity index (χ3n) is 6.02. The van der Waals surface area contributed by atoms with Crippen molar-refractivity contribution < 1.29 is 14.6 Å². The minimum atomic E-state index is 0.0930. The number of hydrogen-bond donors (Lipinski definition) is 1. The zero-order chi connectivity index (χ0) is 19.2. The van der Waals surface area contributed by atoms with Crippen molar-refractivity contribution in [3.8, 4) is 11.5 Å². The molecule has 2 aliphatic rings. The van der Waals surface area contributed by atoms with Gasteiger partial charge in [0.25, 0.3) is 0 Å². The van der Waals surface area contributed by atoms with E-state index in [1.54, 1.807) is 19.3 Å². The standard InChI is InChI=1S/C23H30O3S/c1-26-20-9-10-21(22(25)15-20)17-13-18(23(27)11-8-19(24)14-17)12-16-6-4-2-3-5-7-16/h9-10,14-16,18,25H,2-8,11-13H2,1H3/b17-14+. The number of phenolic OH excluding ortho intramolecular Hbond substituents is 1. The summed E-state index contributed by atoms with van der Waals surface area (Å²) < 4.78 is 5.19. The fourth-order valence-electron chi connectivity index (χ4n) is 4.47. The van der Waals surface area contributed by atoms with Gasteiger partial charge in [-0.15, -0.1) is 0 Å². The molecule has 1 saturated carbocycles. The van der Waals surface area contributed by atoms with Gasteiger partial charge in [0.2, 0.25) is 0 Å². The summed E-state index contributed by atoms with van der Waals surface area (Å²) in [5.41, 5.74) is 1.63. The second kappa shape index (κ2) is 9.50. The Bertz CT molecular complexity index is 714. The van der Waals surface area contributed by atoms with Gasteiger partial charge in [-0.05, 0) is 59.7 Å². The molecule has 27 heavy (non-hydrogen) atoms. The number of phenols is 1. The Morgan fingerprint density at radius 2 is 1.89 bits per heavy atom. The van der Waals surface area contributed by atoms with Gasteiger partial charge in [-0.2, -0.15) is 0 Å². The average Bonchev–Trinajstić information content (AvgIpc) is 2.92. The quantitative estimate of drug-likeness (QED) is 0.518. The lowest BCUT2D eigenvalue weighted by Crippen LogP contribution is -2.20. The maximum absolute atomic E-state index is 12.3. The molecule has 0 aliphatic heterocycles. The van der Waals surface area contributed by atoms with Crippen molar-refractivity contribution in [1.29, 1.82) is 0 Å². The van der Waals surface area contributed by atoms with Crippen molar-refractivity contribution in [2.45, 2.75) is 64.2 Å². The van der Waals surface area contributed by atoms with E-state index in [9.17, 15) is 9.90 Å². The number of ether oxygens (including phenoxy) is 1. The molecular formula is C23H30O3S. The summed E-state index contributed by atoms with van der Waals surface area (Å²) in [6, 6.07) is 5.29. The maximum Gasteiger partial charge on any atom is 0.156 e. The summed E-state index contributed by atoms with van der Waals surface area (Å²) in [5, 5.41) is 10.5. The summed E-state index contributed by atoms with van der Waals surface area (Å²) in [4.78, 5) is 13.3. The van der Waals surface area contributed by atoms with Crippen LogP contribution in [0.15, 0.2) is 24.3 Å². The van der Waals surface area contributed by atoms with Gasteiger partial charge in [-0.1, -0.05) is 50.7 Å². The lowest BCUT2D eigenvalue weighted by Gasteiger charge is -2.26. The van der Waals surface area contributed by atoms with E-state index >= 15 is 0 Å². The molecule has 1 atom stereocenters. The first-order valence-corrected chi connectivity index (χ1v) is 10.6. The van der Waals surface area contributed by atoms with Crippen molar-refractivity contribution in [1.82, 2.24) is 0 Å². The summed E-state index contributed by atoms with van der Waals surface area (Å²) >= 11 is 5.74. The Morgan fingerprint density at radius 1 is 1.15 bits per heavy atom. The zero-order valence-corrected chi connectivity index (χ0v) is 17.0. The van der Waals surface area contributed by atoms with Crippen LogP contribution < -0.4 is 4.74 Å². The second-order valence-electron chi connectivity index (χ2n) is 7.98. The van der Waals surface area contributed by atoms with Gasteiger partial charge >= 0.3 is 0 Å². The molecule has 1 fully saturated rings. The third-order valence-corrected chi connectivity index (χ3v) is 6.56. The molecule has 0 bridgehead atoms. The molecule has 0 heterocycles. The van der Waals surface area contributed by atoms with E-state index in [1.807, 2.05) is 12.1 Å². The Balaban J connectivity index is 1.84. The molecule has 1 aromatic carbocycles. The van der Waals surface area contributed by atoms with Gasteiger partial charge in [0.15, 0.2) is 5.78 Å². The Hall–Kier alpha value is -1.68. The Labute approximate surface area is 167 Å². The minimum Gasteiger partial charge on any atom is -0.507 e. The minimum absolute atomic E-state index is 0.0930. The van der Waals surface area contributed by atoms with Gasteiger partial charge in [-0.3, -0.25) is 4.79 Å². The van der Waals surface area contributed by atoms with Crippen LogP contribution in [-0.2, 0) is 4.79 Å². The number of methoxy groups -OCH3 is 1. The van der Waals surface area contributed by atoms with Crippen LogP contribution in [0.4, 0.5) is 0 Å². The van der Waals surface area contributed by atoms with Crippen LogP contribution >= 0.6 is 12.2 Å². The summed E-state index contributed by atoms with van der Waals surface area (Å²) in [7, 11) is 1.58. The van der Waals surface area contributed by atoms with Crippen molar-refractivity contribution >= 4 is 28.4 Å². The van der Waals surface area contributed by atoms with E-state index in [2.05, 4.69) is 0 Å². The van der Waals surface area contributed by atoms with Crippen LogP contribution in [0.2, 0.25) is 0 Å². The molecule has 0 radical (unpaired) electrons. The predicted molar refractivity (Wildman–Crippen MR) is 113 cm³/mol. The molecule has 1 N–H and O–H groups in total. The molecule has 0 spiro atoms. The molecule has 4 heteroatoms. The molecule has 0 aromatic heterocycles. The van der Waals surface area contributed by atoms with Gasteiger partial charge in [0, 0.05) is 18.1 Å². The SMILES string of the molecule is COc1ccc(/C2=C/C(=O)CCC(=S)C(CC3CCCCCC3)C2)c(O)c1. The van der Waals surface area contributed by atoms with Gasteiger partial charge in [0.1, 0.15) is 11.5 Å². The average molecular weight is 387 g/mol. The topological polar surface area (TPSA) is 46.5 Å². The second-order valence-corrected chi connectivity index (χ2v) is 8.50. The van der Waals surface area contributed by atoms with Crippen LogP contribution in [-0.4, -0.2) is 22.9 Å². The van der Waals surface area contributed by atoms with E-state index < -0.39 is 0 Å². The summed E-state index contributed by atoms with van der Waals surface area (Å²) in [6.07, 6.45) is 12.7. The number of carbonyl (C=O) groups is 1. The third kappa shape index (κ3) is 5.41. The highest BCUT2D eigenvalue weighted by molar-refractivity contribution is 7.80. The van der Waals surface area contributed by atoms with Crippen molar-refractivity contribution in [3.63, 3.8) is 0 Å². The highest BCUT2D eigenvalue weighted by Crippen LogP contribution is 2.38. The first-order valence-electron chi connectivity index (χ1n) is 10.2. The summed E-state index contributed by atoms with van der Waals surface area (Å²) in [6.45, 7) is 0. The number of benzene rings is 1. The van der Waals surface area contributed by atoms with Crippen LogP contribution in [0.25, 0.3) is 5.57 Å². The molecule has 0 amide bonds. The largest absolute Gasteiger partial charge is 0.507 e. The van der Waals surface area contributed by atoms with E-state index in [0.717, 1.165) is 34.8 Å². The van der Waals surface area contributed by atoms with Crippen molar-refractivity contribution in [2.75, 3.05) is 7.11 Å². The molecule has 1 aromatic rings. The Morgan fingerprint density at radius 3 is 2.56 bits per heavy atom. The number of carbonyl (C=O) groups excluding carboxylic acids is 1. The van der Waals surface area contributed by atoms with E-state index in [4.69, 9.17) is 17.0 Å². The number of ketones is 1. The lowest BCUT2D eigenvalue weighted by atomic mass is 9.80. The molecule has 3 rings (SSSR count). The van der Waals surface area contributed by atoms with E-state index in [0.29, 0.717) is 24.5 Å². The fourth-order valence-corrected chi connectivity index (χ4v) is 4.75. The smallest absolute Gasteiger partial charge is 0.156 e. The van der Waals surface area contributed by atoms with Gasteiger partial charge in [-0.25, -0.2) is 0 Å². The predicted octanol–water partition coefficient (Wildman–Crippen LogP) is 5.88. The maximum atomic E-state index is 12.3. The van der Waals surface area contributed by atoms with Crippen LogP contribution in [0, 0.1) is 11.8 Å². The van der Waals surface area contributed by atoms with E-state index in [-0.39, 0.29) is 11.5 Å². The molecule has 3 nitrogen and oxygen atoms in total. The van der Waals surface area contributed by atoms with Crippen molar-refractivity contribution in [3.05, 3.63) is 29.8 Å². The number of aromatic hydroxyl groups is 1. The molecule has 146 valence electrons. The van der Waals surface area contributed by atoms with Gasteiger partial charge in [0.05, 0.1) is 7.11 Å². The molecule has 1 unspecified atom stereocenters. The molecule has 0 saturated heterocycles. The first-order chi connectivity index (χ1) is 13.1. The van der Waals surface area contributed by atoms with E-state index in [1.165, 1.54) is 38.5 Å². The van der Waals surface area contributed by atoms with Crippen molar-refractivity contribution in [2.24, 2.45) is 11.8 Å². The highest BCUT2D eigenvalue weighted by Gasteiger charge is 2.26. The lowest BCUT2D eigenvalue weighted by molar-refractivity contribution is -0.114. The number of thiocarbonyl (C=S) groups is 1. The number of allylic oxidation sites excluding steroid dienone is 2. The van der Waals surface area contributed by atoms with Gasteiger partial charge < -0.3 is 9.84 Å².